The van der Waals surface area contributed by atoms with Crippen LogP contribution in [0.5, 0.6) is 0 Å². The molecule has 2 rings (SSSR count). The Labute approximate surface area is 107 Å². The number of hydrogen-bond donors (Lipinski definition) is 2. The minimum Gasteiger partial charge on any atom is -0.481 e. The normalized spacial score (nSPS) is 24.6. The van der Waals surface area contributed by atoms with Crippen molar-refractivity contribution < 1.29 is 9.90 Å². The van der Waals surface area contributed by atoms with Gasteiger partial charge in [0.05, 0.1) is 5.92 Å². The van der Waals surface area contributed by atoms with Gasteiger partial charge in [-0.3, -0.25) is 4.79 Å². The van der Waals surface area contributed by atoms with Crippen molar-refractivity contribution in [3.8, 4) is 0 Å². The Morgan fingerprint density at radius 2 is 2.19 bits per heavy atom. The van der Waals surface area contributed by atoms with Crippen LogP contribution in [0, 0.1) is 5.92 Å². The maximum Gasteiger partial charge on any atom is 0.308 e. The fourth-order valence-electron chi connectivity index (χ4n) is 2.08. The Bertz CT molecular complexity index is 404. The van der Waals surface area contributed by atoms with Crippen LogP contribution >= 0.6 is 27.5 Å². The molecule has 1 fully saturated rings. The molecule has 0 amide bonds. The predicted molar refractivity (Wildman–Crippen MR) is 65.9 cm³/mol. The maximum atomic E-state index is 11.1. The summed E-state index contributed by atoms with van der Waals surface area (Å²) in [5.74, 6) is -1.14. The summed E-state index contributed by atoms with van der Waals surface area (Å²) in [5.41, 5.74) is 0.969. The molecule has 2 unspecified atom stereocenters. The Morgan fingerprint density at radius 3 is 2.81 bits per heavy atom. The molecule has 2 N–H and O–H groups in total. The van der Waals surface area contributed by atoms with Gasteiger partial charge in [-0.1, -0.05) is 27.5 Å². The average molecular weight is 305 g/mol. The van der Waals surface area contributed by atoms with E-state index in [9.17, 15) is 4.79 Å². The highest BCUT2D eigenvalue weighted by Crippen LogP contribution is 2.32. The van der Waals surface area contributed by atoms with Crippen LogP contribution in [0.25, 0.3) is 0 Å². The molecule has 5 heteroatoms. The lowest BCUT2D eigenvalue weighted by Gasteiger charge is -2.15. The van der Waals surface area contributed by atoms with Crippen molar-refractivity contribution in [2.24, 2.45) is 5.92 Å². The van der Waals surface area contributed by atoms with Gasteiger partial charge >= 0.3 is 5.97 Å². The Kier molecular flexibility index (Phi) is 3.52. The number of carboxylic acids is 1. The molecular formula is C11H11BrClNO2. The lowest BCUT2D eigenvalue weighted by atomic mass is 9.89. The fraction of sp³-hybridized carbons (Fsp3) is 0.364. The molecule has 3 nitrogen and oxygen atoms in total. The third-order valence-corrected chi connectivity index (χ3v) is 3.52. The van der Waals surface area contributed by atoms with Crippen LogP contribution in [-0.2, 0) is 4.79 Å². The first-order valence-electron chi connectivity index (χ1n) is 4.97. The first kappa shape index (κ1) is 11.9. The summed E-state index contributed by atoms with van der Waals surface area (Å²) in [4.78, 5) is 11.1. The zero-order valence-corrected chi connectivity index (χ0v) is 10.8. The number of nitrogens with one attached hydrogen (secondary N) is 1. The molecule has 0 aliphatic carbocycles. The van der Waals surface area contributed by atoms with Gasteiger partial charge in [-0.2, -0.15) is 0 Å². The average Bonchev–Trinajstić information content (AvgIpc) is 2.63. The largest absolute Gasteiger partial charge is 0.481 e. The highest BCUT2D eigenvalue weighted by molar-refractivity contribution is 9.10. The summed E-state index contributed by atoms with van der Waals surface area (Å²) in [6.07, 6.45) is 0. The molecule has 0 spiro atoms. The Hall–Kier alpha value is -0.580. The predicted octanol–water partition coefficient (Wildman–Crippen LogP) is 2.49. The Balaban J connectivity index is 2.32. The molecule has 16 heavy (non-hydrogen) atoms. The molecule has 1 aliphatic heterocycles. The summed E-state index contributed by atoms with van der Waals surface area (Å²) in [7, 11) is 0. The van der Waals surface area contributed by atoms with Crippen LogP contribution in [-0.4, -0.2) is 24.2 Å². The number of carboxylic acid groups (broad SMARTS) is 1. The van der Waals surface area contributed by atoms with Gasteiger partial charge < -0.3 is 10.4 Å². The minimum atomic E-state index is -0.758. The SMILES string of the molecule is O=C(O)C1CNCC1c1cc(Cl)cc(Br)c1. The van der Waals surface area contributed by atoms with E-state index in [2.05, 4.69) is 21.2 Å². The smallest absolute Gasteiger partial charge is 0.308 e. The topological polar surface area (TPSA) is 49.3 Å². The second-order valence-corrected chi connectivity index (χ2v) is 5.26. The molecule has 1 heterocycles. The molecule has 0 bridgehead atoms. The zero-order chi connectivity index (χ0) is 11.7. The number of hydrogen-bond acceptors (Lipinski definition) is 2. The van der Waals surface area contributed by atoms with Gasteiger partial charge in [0, 0.05) is 28.5 Å². The van der Waals surface area contributed by atoms with Crippen LogP contribution in [0.1, 0.15) is 11.5 Å². The summed E-state index contributed by atoms with van der Waals surface area (Å²) in [6.45, 7) is 1.20. The van der Waals surface area contributed by atoms with Gasteiger partial charge in [0.1, 0.15) is 0 Å². The van der Waals surface area contributed by atoms with Crippen molar-refractivity contribution in [2.45, 2.75) is 5.92 Å². The third kappa shape index (κ3) is 2.39. The molecule has 1 aromatic rings. The van der Waals surface area contributed by atoms with Crippen molar-refractivity contribution in [1.82, 2.24) is 5.32 Å². The van der Waals surface area contributed by atoms with Gasteiger partial charge in [-0.05, 0) is 23.8 Å². The van der Waals surface area contributed by atoms with Gasteiger partial charge in [0.15, 0.2) is 0 Å². The van der Waals surface area contributed by atoms with E-state index in [4.69, 9.17) is 16.7 Å². The molecular weight excluding hydrogens is 293 g/mol. The lowest BCUT2D eigenvalue weighted by Crippen LogP contribution is -2.21. The summed E-state index contributed by atoms with van der Waals surface area (Å²) in [6, 6.07) is 5.56. The maximum absolute atomic E-state index is 11.1. The second kappa shape index (κ2) is 4.73. The van der Waals surface area contributed by atoms with Crippen molar-refractivity contribution in [3.05, 3.63) is 33.3 Å². The van der Waals surface area contributed by atoms with E-state index in [1.165, 1.54) is 0 Å². The summed E-state index contributed by atoms with van der Waals surface area (Å²) >= 11 is 9.32. The highest BCUT2D eigenvalue weighted by atomic mass is 79.9. The number of aliphatic carboxylic acids is 1. The minimum absolute atomic E-state index is 0.00694. The van der Waals surface area contributed by atoms with E-state index in [0.29, 0.717) is 18.1 Å². The van der Waals surface area contributed by atoms with Gasteiger partial charge in [-0.25, -0.2) is 0 Å². The van der Waals surface area contributed by atoms with Crippen molar-refractivity contribution in [2.75, 3.05) is 13.1 Å². The quantitative estimate of drug-likeness (QED) is 0.882. The van der Waals surface area contributed by atoms with Crippen LogP contribution in [0.3, 0.4) is 0 Å². The van der Waals surface area contributed by atoms with E-state index in [0.717, 1.165) is 10.0 Å². The van der Waals surface area contributed by atoms with E-state index in [1.54, 1.807) is 6.07 Å². The second-order valence-electron chi connectivity index (χ2n) is 3.91. The molecule has 1 aliphatic rings. The molecule has 1 aromatic carbocycles. The van der Waals surface area contributed by atoms with Gasteiger partial charge in [-0.15, -0.1) is 0 Å². The first-order chi connectivity index (χ1) is 7.58. The monoisotopic (exact) mass is 303 g/mol. The van der Waals surface area contributed by atoms with Gasteiger partial charge in [0.2, 0.25) is 0 Å². The number of rotatable bonds is 2. The number of carbonyl (C=O) groups is 1. The lowest BCUT2D eigenvalue weighted by molar-refractivity contribution is -0.141. The standard InChI is InChI=1S/C11H11BrClNO2/c12-7-1-6(2-8(13)3-7)9-4-14-5-10(9)11(15)16/h1-3,9-10,14H,4-5H2,(H,15,16). The molecule has 2 atom stereocenters. The first-order valence-corrected chi connectivity index (χ1v) is 6.14. The highest BCUT2D eigenvalue weighted by Gasteiger charge is 2.33. The molecule has 0 saturated carbocycles. The van der Waals surface area contributed by atoms with E-state index in [1.807, 2.05) is 12.1 Å². The molecule has 1 saturated heterocycles. The van der Waals surface area contributed by atoms with E-state index >= 15 is 0 Å². The van der Waals surface area contributed by atoms with Crippen LogP contribution in [0.15, 0.2) is 22.7 Å². The van der Waals surface area contributed by atoms with Gasteiger partial charge in [0.25, 0.3) is 0 Å². The van der Waals surface area contributed by atoms with Crippen LogP contribution in [0.4, 0.5) is 0 Å². The number of halogens is 2. The fourth-order valence-corrected chi connectivity index (χ4v) is 2.96. The molecule has 0 aromatic heterocycles. The van der Waals surface area contributed by atoms with Crippen LogP contribution in [0.2, 0.25) is 5.02 Å². The zero-order valence-electron chi connectivity index (χ0n) is 8.41. The molecule has 86 valence electrons. The molecule has 0 radical (unpaired) electrons. The van der Waals surface area contributed by atoms with Crippen molar-refractivity contribution >= 4 is 33.5 Å². The summed E-state index contributed by atoms with van der Waals surface area (Å²) in [5, 5.41) is 12.8. The summed E-state index contributed by atoms with van der Waals surface area (Å²) < 4.78 is 0.881. The number of benzene rings is 1. The van der Waals surface area contributed by atoms with E-state index in [-0.39, 0.29) is 11.8 Å². The third-order valence-electron chi connectivity index (χ3n) is 2.84. The van der Waals surface area contributed by atoms with Crippen LogP contribution < -0.4 is 5.32 Å². The van der Waals surface area contributed by atoms with E-state index < -0.39 is 5.97 Å². The van der Waals surface area contributed by atoms with Crippen molar-refractivity contribution in [3.63, 3.8) is 0 Å². The Morgan fingerprint density at radius 1 is 1.44 bits per heavy atom. The van der Waals surface area contributed by atoms with Crippen molar-refractivity contribution in [1.29, 1.82) is 0 Å².